The van der Waals surface area contributed by atoms with Crippen LogP contribution in [0.15, 0.2) is 39.6 Å². The number of nitrogens with one attached hydrogen (secondary N) is 1. The molecule has 1 amide bonds. The Morgan fingerprint density at radius 2 is 1.93 bits per heavy atom. The molecule has 0 atom stereocenters. The van der Waals surface area contributed by atoms with Gasteiger partial charge in [0, 0.05) is 11.6 Å². The zero-order valence-electron chi connectivity index (χ0n) is 14.9. The SMILES string of the molecule is CC(C)(C)NC(=O)CSc1nc2ccsc2c(=O)n1-c1cc(F)cc(F)c1. The number of carbonyl (C=O) groups is 1. The first kappa shape index (κ1) is 19.5. The molecule has 0 radical (unpaired) electrons. The number of benzene rings is 1. The van der Waals surface area contributed by atoms with E-state index in [4.69, 9.17) is 0 Å². The van der Waals surface area contributed by atoms with Crippen LogP contribution in [-0.4, -0.2) is 26.8 Å². The summed E-state index contributed by atoms with van der Waals surface area (Å²) in [5, 5.41) is 4.73. The van der Waals surface area contributed by atoms with Gasteiger partial charge < -0.3 is 5.32 Å². The number of nitrogens with zero attached hydrogens (tertiary/aromatic N) is 2. The van der Waals surface area contributed by atoms with Gasteiger partial charge in [0.1, 0.15) is 16.3 Å². The molecular weight excluding hydrogens is 392 g/mol. The topological polar surface area (TPSA) is 64.0 Å². The number of thiophene rings is 1. The van der Waals surface area contributed by atoms with Crippen molar-refractivity contribution >= 4 is 39.2 Å². The van der Waals surface area contributed by atoms with E-state index in [-0.39, 0.29) is 22.5 Å². The highest BCUT2D eigenvalue weighted by molar-refractivity contribution is 7.99. The van der Waals surface area contributed by atoms with Gasteiger partial charge in [-0.25, -0.2) is 13.8 Å². The Kier molecular flexibility index (Phi) is 5.34. The summed E-state index contributed by atoms with van der Waals surface area (Å²) < 4.78 is 28.9. The van der Waals surface area contributed by atoms with Gasteiger partial charge in [0.05, 0.1) is 17.0 Å². The van der Waals surface area contributed by atoms with Crippen LogP contribution in [0.25, 0.3) is 15.9 Å². The summed E-state index contributed by atoms with van der Waals surface area (Å²) in [7, 11) is 0. The Bertz CT molecular complexity index is 1050. The lowest BCUT2D eigenvalue weighted by Crippen LogP contribution is -2.41. The van der Waals surface area contributed by atoms with Crippen LogP contribution in [0.3, 0.4) is 0 Å². The maximum Gasteiger partial charge on any atom is 0.276 e. The van der Waals surface area contributed by atoms with Gasteiger partial charge in [0.15, 0.2) is 5.16 Å². The number of amides is 1. The maximum atomic E-state index is 13.7. The molecular formula is C18H17F2N3O2S2. The van der Waals surface area contributed by atoms with E-state index >= 15 is 0 Å². The number of aromatic nitrogens is 2. The molecule has 1 N–H and O–H groups in total. The van der Waals surface area contributed by atoms with E-state index in [2.05, 4.69) is 10.3 Å². The van der Waals surface area contributed by atoms with E-state index in [1.807, 2.05) is 20.8 Å². The second-order valence-electron chi connectivity index (χ2n) is 6.88. The van der Waals surface area contributed by atoms with Crippen LogP contribution in [0.2, 0.25) is 0 Å². The second kappa shape index (κ2) is 7.40. The van der Waals surface area contributed by atoms with Gasteiger partial charge in [-0.3, -0.25) is 14.2 Å². The number of carbonyl (C=O) groups excluding carboxylic acids is 1. The number of halogens is 2. The lowest BCUT2D eigenvalue weighted by Gasteiger charge is -2.20. The van der Waals surface area contributed by atoms with Crippen molar-refractivity contribution in [3.05, 3.63) is 51.6 Å². The zero-order chi connectivity index (χ0) is 19.8. The van der Waals surface area contributed by atoms with Gasteiger partial charge in [-0.2, -0.15) is 0 Å². The van der Waals surface area contributed by atoms with E-state index in [1.54, 1.807) is 11.4 Å². The fourth-order valence-electron chi connectivity index (χ4n) is 2.47. The molecule has 1 aromatic carbocycles. The van der Waals surface area contributed by atoms with Crippen LogP contribution in [-0.2, 0) is 4.79 Å². The monoisotopic (exact) mass is 409 g/mol. The molecule has 0 bridgehead atoms. The van der Waals surface area contributed by atoms with Crippen LogP contribution in [0.4, 0.5) is 8.78 Å². The summed E-state index contributed by atoms with van der Waals surface area (Å²) >= 11 is 2.23. The minimum absolute atomic E-state index is 0.0111. The molecule has 3 rings (SSSR count). The maximum absolute atomic E-state index is 13.7. The summed E-state index contributed by atoms with van der Waals surface area (Å²) in [6.07, 6.45) is 0. The third-order valence-corrected chi connectivity index (χ3v) is 5.23. The van der Waals surface area contributed by atoms with Crippen molar-refractivity contribution in [2.45, 2.75) is 31.5 Å². The van der Waals surface area contributed by atoms with E-state index in [0.717, 1.165) is 34.5 Å². The molecule has 0 aliphatic rings. The van der Waals surface area contributed by atoms with Crippen molar-refractivity contribution in [3.8, 4) is 5.69 Å². The average Bonchev–Trinajstić information content (AvgIpc) is 2.99. The minimum Gasteiger partial charge on any atom is -0.351 e. The molecule has 142 valence electrons. The Hall–Kier alpha value is -2.26. The molecule has 0 saturated heterocycles. The summed E-state index contributed by atoms with van der Waals surface area (Å²) in [6.45, 7) is 5.57. The quantitative estimate of drug-likeness (QED) is 0.527. The summed E-state index contributed by atoms with van der Waals surface area (Å²) in [5.74, 6) is -1.82. The van der Waals surface area contributed by atoms with Crippen LogP contribution in [0, 0.1) is 11.6 Å². The van der Waals surface area contributed by atoms with Crippen molar-refractivity contribution in [2.75, 3.05) is 5.75 Å². The standard InChI is InChI=1S/C18H17F2N3O2S2/c1-18(2,3)22-14(24)9-27-17-21-13-4-5-26-15(13)16(25)23(17)12-7-10(19)6-11(20)8-12/h4-8H,9H2,1-3H3,(H,22,24). The zero-order valence-corrected chi connectivity index (χ0v) is 16.5. The predicted octanol–water partition coefficient (Wildman–Crippen LogP) is 3.73. The van der Waals surface area contributed by atoms with E-state index in [1.165, 1.54) is 11.3 Å². The largest absolute Gasteiger partial charge is 0.351 e. The second-order valence-corrected chi connectivity index (χ2v) is 8.74. The van der Waals surface area contributed by atoms with Gasteiger partial charge in [-0.15, -0.1) is 11.3 Å². The van der Waals surface area contributed by atoms with E-state index < -0.39 is 22.7 Å². The molecule has 2 heterocycles. The normalized spacial score (nSPS) is 11.7. The van der Waals surface area contributed by atoms with E-state index in [9.17, 15) is 18.4 Å². The van der Waals surface area contributed by atoms with Crippen molar-refractivity contribution in [1.82, 2.24) is 14.9 Å². The van der Waals surface area contributed by atoms with Crippen LogP contribution in [0.5, 0.6) is 0 Å². The minimum atomic E-state index is -0.801. The molecule has 9 heteroatoms. The summed E-state index contributed by atoms with van der Waals surface area (Å²) in [6, 6.07) is 4.54. The molecule has 0 aliphatic carbocycles. The van der Waals surface area contributed by atoms with Gasteiger partial charge >= 0.3 is 0 Å². The molecule has 3 aromatic rings. The lowest BCUT2D eigenvalue weighted by atomic mass is 10.1. The lowest BCUT2D eigenvalue weighted by molar-refractivity contribution is -0.119. The first-order chi connectivity index (χ1) is 12.6. The summed E-state index contributed by atoms with van der Waals surface area (Å²) in [5.41, 5.74) is -0.317. The molecule has 27 heavy (non-hydrogen) atoms. The Labute approximate surface area is 162 Å². The number of hydrogen-bond acceptors (Lipinski definition) is 5. The van der Waals surface area contributed by atoms with E-state index in [0.29, 0.717) is 10.2 Å². The Balaban J connectivity index is 2.05. The molecule has 0 unspecified atom stereocenters. The molecule has 0 aliphatic heterocycles. The third-order valence-electron chi connectivity index (χ3n) is 3.40. The highest BCUT2D eigenvalue weighted by atomic mass is 32.2. The van der Waals surface area contributed by atoms with Crippen LogP contribution >= 0.6 is 23.1 Å². The first-order valence-corrected chi connectivity index (χ1v) is 9.91. The van der Waals surface area contributed by atoms with Crippen molar-refractivity contribution in [2.24, 2.45) is 0 Å². The van der Waals surface area contributed by atoms with Crippen molar-refractivity contribution < 1.29 is 13.6 Å². The molecule has 2 aromatic heterocycles. The molecule has 0 fully saturated rings. The van der Waals surface area contributed by atoms with Crippen molar-refractivity contribution in [3.63, 3.8) is 0 Å². The number of thioether (sulfide) groups is 1. The molecule has 5 nitrogen and oxygen atoms in total. The number of fused-ring (bicyclic) bond motifs is 1. The van der Waals surface area contributed by atoms with Crippen LogP contribution in [0.1, 0.15) is 20.8 Å². The Morgan fingerprint density at radius 1 is 1.26 bits per heavy atom. The highest BCUT2D eigenvalue weighted by Gasteiger charge is 2.18. The first-order valence-electron chi connectivity index (χ1n) is 8.04. The van der Waals surface area contributed by atoms with Gasteiger partial charge in [-0.1, -0.05) is 11.8 Å². The van der Waals surface area contributed by atoms with Gasteiger partial charge in [0.25, 0.3) is 5.56 Å². The fourth-order valence-corrected chi connectivity index (χ4v) is 4.04. The van der Waals surface area contributed by atoms with Crippen LogP contribution < -0.4 is 10.9 Å². The molecule has 0 spiro atoms. The third kappa shape index (κ3) is 4.54. The Morgan fingerprint density at radius 3 is 2.56 bits per heavy atom. The van der Waals surface area contributed by atoms with Gasteiger partial charge in [-0.05, 0) is 44.4 Å². The number of hydrogen-bond donors (Lipinski definition) is 1. The number of rotatable bonds is 4. The highest BCUT2D eigenvalue weighted by Crippen LogP contribution is 2.24. The molecule has 0 saturated carbocycles. The van der Waals surface area contributed by atoms with Crippen molar-refractivity contribution in [1.29, 1.82) is 0 Å². The predicted molar refractivity (Wildman–Crippen MR) is 104 cm³/mol. The smallest absolute Gasteiger partial charge is 0.276 e. The average molecular weight is 409 g/mol. The summed E-state index contributed by atoms with van der Waals surface area (Å²) in [4.78, 5) is 29.4. The fraction of sp³-hybridized carbons (Fsp3) is 0.278. The van der Waals surface area contributed by atoms with Gasteiger partial charge in [0.2, 0.25) is 5.91 Å².